The Hall–Kier alpha value is -1.88. The number of carbonyl (C=O) groups is 2. The predicted molar refractivity (Wildman–Crippen MR) is 135 cm³/mol. The molecule has 9 heteroatoms. The fourth-order valence-electron chi connectivity index (χ4n) is 6.97. The van der Waals surface area contributed by atoms with Crippen LogP contribution in [0, 0.1) is 11.3 Å². The normalized spacial score (nSPS) is 44.7. The van der Waals surface area contributed by atoms with Gasteiger partial charge in [0.05, 0.1) is 12.5 Å². The summed E-state index contributed by atoms with van der Waals surface area (Å²) in [4.78, 5) is 28.0. The number of hydrogen-bond donors (Lipinski definition) is 1. The minimum Gasteiger partial charge on any atom is -0.455 e. The second-order valence-electron chi connectivity index (χ2n) is 12.9. The number of aliphatic hydroxyl groups excluding tert-OH is 1. The van der Waals surface area contributed by atoms with Crippen LogP contribution in [0.15, 0.2) is 42.0 Å². The first-order valence-electron chi connectivity index (χ1n) is 13.0. The average molecular weight is 529 g/mol. The van der Waals surface area contributed by atoms with Crippen molar-refractivity contribution < 1.29 is 38.1 Å². The predicted octanol–water partition coefficient (Wildman–Crippen LogP) is 3.45. The molecule has 4 fully saturated rings. The van der Waals surface area contributed by atoms with E-state index in [9.17, 15) is 14.7 Å². The third-order valence-electron chi connectivity index (χ3n) is 9.80. The first kappa shape index (κ1) is 25.4. The van der Waals surface area contributed by atoms with E-state index in [-0.39, 0.29) is 11.6 Å². The minimum absolute atomic E-state index is 0.0591. The Balaban J connectivity index is 1.56. The average Bonchev–Trinajstić information content (AvgIpc) is 3.07. The monoisotopic (exact) mass is 528 g/mol. The molecule has 3 aliphatic heterocycles. The van der Waals surface area contributed by atoms with E-state index < -0.39 is 73.3 Å². The van der Waals surface area contributed by atoms with Crippen molar-refractivity contribution in [3.05, 3.63) is 47.5 Å². The molecule has 3 heterocycles. The Kier molecular flexibility index (Phi) is 5.22. The van der Waals surface area contributed by atoms with Crippen molar-refractivity contribution in [2.45, 2.75) is 94.7 Å². The van der Waals surface area contributed by atoms with E-state index in [4.69, 9.17) is 23.4 Å². The molecule has 200 valence electrons. The topological polar surface area (TPSA) is 101 Å². The number of fused-ring (bicyclic) bond motifs is 1. The van der Waals surface area contributed by atoms with Crippen molar-refractivity contribution >= 4 is 20.1 Å². The first-order valence-corrected chi connectivity index (χ1v) is 15.9. The lowest BCUT2D eigenvalue weighted by Crippen LogP contribution is -2.76. The molecule has 1 N–H and O–H groups in total. The fraction of sp³-hybridized carbons (Fsp3) is 0.643. The van der Waals surface area contributed by atoms with E-state index in [0.717, 1.165) is 5.56 Å². The second-order valence-corrected chi connectivity index (χ2v) is 17.7. The number of Topliss-reactive ketones (excluding diaryl/α,β-unsaturated/α-hetero) is 1. The van der Waals surface area contributed by atoms with Crippen LogP contribution >= 0.6 is 0 Å². The van der Waals surface area contributed by atoms with Crippen LogP contribution in [-0.4, -0.2) is 67.4 Å². The lowest BCUT2D eigenvalue weighted by molar-refractivity contribution is -0.282. The molecule has 8 nitrogen and oxygen atoms in total. The minimum atomic E-state index is -2.49. The zero-order valence-corrected chi connectivity index (χ0v) is 23.4. The molecule has 9 atom stereocenters. The Morgan fingerprint density at radius 2 is 1.81 bits per heavy atom. The van der Waals surface area contributed by atoms with Crippen LogP contribution in [0.3, 0.4) is 0 Å². The summed E-state index contributed by atoms with van der Waals surface area (Å²) in [6.45, 7) is 14.2. The highest BCUT2D eigenvalue weighted by Crippen LogP contribution is 2.69. The number of ketones is 1. The summed E-state index contributed by atoms with van der Waals surface area (Å²) in [6, 6.07) is 9.50. The number of hydrogen-bond acceptors (Lipinski definition) is 8. The Bertz CT molecular complexity index is 1190. The molecule has 0 amide bonds. The van der Waals surface area contributed by atoms with Gasteiger partial charge in [0.2, 0.25) is 0 Å². The summed E-state index contributed by atoms with van der Waals surface area (Å²) >= 11 is 0. The smallest absolute Gasteiger partial charge is 0.322 e. The molecule has 37 heavy (non-hydrogen) atoms. The van der Waals surface area contributed by atoms with Gasteiger partial charge in [-0.15, -0.1) is 0 Å². The molecule has 0 aromatic heterocycles. The van der Waals surface area contributed by atoms with Crippen LogP contribution in [0.25, 0.3) is 0 Å². The van der Waals surface area contributed by atoms with Crippen LogP contribution in [0.2, 0.25) is 18.1 Å². The summed E-state index contributed by atoms with van der Waals surface area (Å²) in [5.74, 6) is -2.00. The molecule has 1 saturated carbocycles. The van der Waals surface area contributed by atoms with Gasteiger partial charge < -0.3 is 28.5 Å². The number of aliphatic hydroxyl groups is 1. The molecule has 1 aromatic carbocycles. The van der Waals surface area contributed by atoms with Gasteiger partial charge in [0.25, 0.3) is 0 Å². The molecule has 1 aromatic rings. The number of ether oxygens (including phenoxy) is 4. The molecule has 6 bridgehead atoms. The van der Waals surface area contributed by atoms with Crippen molar-refractivity contribution in [1.82, 2.24) is 0 Å². The van der Waals surface area contributed by atoms with Gasteiger partial charge >= 0.3 is 5.97 Å². The molecule has 0 unspecified atom stereocenters. The second kappa shape index (κ2) is 7.61. The SMILES string of the molecule is CC1=C[C@@H]2OC(=O)[C@@]3([C@H](O)C(=O)[C@@H]4[C@H]5O[C@H](c6ccccc6)OC[C@]4(C)O[C@]153)[C@H]2O[Si](C)(C)C(C)(C)C. The molecular formula is C28H36O8Si. The van der Waals surface area contributed by atoms with E-state index in [1.807, 2.05) is 50.3 Å². The first-order chi connectivity index (χ1) is 17.2. The van der Waals surface area contributed by atoms with Crippen molar-refractivity contribution in [2.24, 2.45) is 11.3 Å². The third kappa shape index (κ3) is 2.96. The number of benzene rings is 1. The van der Waals surface area contributed by atoms with E-state index in [0.29, 0.717) is 5.57 Å². The van der Waals surface area contributed by atoms with Gasteiger partial charge in [-0.05, 0) is 43.6 Å². The summed E-state index contributed by atoms with van der Waals surface area (Å²) in [6.07, 6.45) is -3.07. The van der Waals surface area contributed by atoms with Crippen LogP contribution in [0.5, 0.6) is 0 Å². The highest BCUT2D eigenvalue weighted by Gasteiger charge is 2.88. The lowest BCUT2D eigenvalue weighted by Gasteiger charge is -2.57. The molecule has 0 radical (unpaired) electrons. The maximum Gasteiger partial charge on any atom is 0.322 e. The number of esters is 1. The maximum absolute atomic E-state index is 14.1. The summed E-state index contributed by atoms with van der Waals surface area (Å²) in [7, 11) is -2.49. The van der Waals surface area contributed by atoms with Crippen molar-refractivity contribution in [1.29, 1.82) is 0 Å². The third-order valence-corrected chi connectivity index (χ3v) is 14.3. The van der Waals surface area contributed by atoms with Gasteiger partial charge in [0, 0.05) is 5.56 Å². The molecule has 2 spiro atoms. The van der Waals surface area contributed by atoms with E-state index in [1.54, 1.807) is 0 Å². The maximum atomic E-state index is 14.1. The van der Waals surface area contributed by atoms with Crippen molar-refractivity contribution in [3.8, 4) is 0 Å². The van der Waals surface area contributed by atoms with Gasteiger partial charge in [-0.2, -0.15) is 0 Å². The van der Waals surface area contributed by atoms with Gasteiger partial charge in [-0.25, -0.2) is 0 Å². The highest BCUT2D eigenvalue weighted by molar-refractivity contribution is 6.74. The van der Waals surface area contributed by atoms with Crippen molar-refractivity contribution in [3.63, 3.8) is 0 Å². The number of carbonyl (C=O) groups excluding carboxylic acids is 2. The zero-order chi connectivity index (χ0) is 26.8. The fourth-order valence-corrected chi connectivity index (χ4v) is 8.28. The molecule has 6 rings (SSSR count). The Labute approximate surface area is 218 Å². The van der Waals surface area contributed by atoms with E-state index >= 15 is 0 Å². The van der Waals surface area contributed by atoms with Gasteiger partial charge in [-0.3, -0.25) is 9.59 Å². The summed E-state index contributed by atoms with van der Waals surface area (Å²) in [5, 5.41) is 11.6. The molecule has 2 aliphatic carbocycles. The van der Waals surface area contributed by atoms with Crippen LogP contribution in [0.4, 0.5) is 0 Å². The number of rotatable bonds is 3. The van der Waals surface area contributed by atoms with Gasteiger partial charge in [-0.1, -0.05) is 51.1 Å². The largest absolute Gasteiger partial charge is 0.455 e. The Morgan fingerprint density at radius 3 is 2.46 bits per heavy atom. The van der Waals surface area contributed by atoms with Crippen LogP contribution in [0.1, 0.15) is 46.5 Å². The summed E-state index contributed by atoms with van der Waals surface area (Å²) in [5.41, 5.74) is -2.86. The van der Waals surface area contributed by atoms with Crippen LogP contribution < -0.4 is 0 Å². The lowest BCUT2D eigenvalue weighted by atomic mass is 9.51. The quantitative estimate of drug-likeness (QED) is 0.362. The molecule has 5 aliphatic rings. The van der Waals surface area contributed by atoms with Gasteiger partial charge in [0.1, 0.15) is 35.6 Å². The van der Waals surface area contributed by atoms with Crippen LogP contribution in [-0.2, 0) is 33.0 Å². The van der Waals surface area contributed by atoms with E-state index in [2.05, 4.69) is 33.9 Å². The highest BCUT2D eigenvalue weighted by atomic mass is 28.4. The molecule has 3 saturated heterocycles. The summed E-state index contributed by atoms with van der Waals surface area (Å²) < 4.78 is 32.4. The molecular weight excluding hydrogens is 492 g/mol. The van der Waals surface area contributed by atoms with Crippen molar-refractivity contribution in [2.75, 3.05) is 6.61 Å². The van der Waals surface area contributed by atoms with E-state index in [1.165, 1.54) is 0 Å². The van der Waals surface area contributed by atoms with Gasteiger partial charge in [0.15, 0.2) is 25.8 Å². The zero-order valence-electron chi connectivity index (χ0n) is 22.4. The Morgan fingerprint density at radius 1 is 1.14 bits per heavy atom. The standard InChI is InChI=1S/C28H36O8Si/c1-15-13-17-21(35-37(6,7)25(2,3)4)27(24(31)33-17)20(30)19(29)18-22-28(15,27)36-26(18,5)14-32-23(34-22)16-11-9-8-10-12-16/h8-13,17-18,20-23,30H,14H2,1-7H3/t17-,18+,20+,21-,22+,23+,26-,27+,28+/m0/s1.